The summed E-state index contributed by atoms with van der Waals surface area (Å²) in [6.07, 6.45) is 4.08. The van der Waals surface area contributed by atoms with Crippen molar-refractivity contribution in [3.05, 3.63) is 93.5 Å². The number of nitrogens with zero attached hydrogens (tertiary/aromatic N) is 6. The Hall–Kier alpha value is -5.69. The molecule has 0 radical (unpaired) electrons. The Morgan fingerprint density at radius 3 is 2.55 bits per heavy atom. The van der Waals surface area contributed by atoms with Crippen molar-refractivity contribution in [2.75, 3.05) is 18.4 Å². The normalized spacial score (nSPS) is 17.5. The molecule has 4 amide bonds. The van der Waals surface area contributed by atoms with Gasteiger partial charge in [0.15, 0.2) is 11.2 Å². The number of pyridine rings is 1. The van der Waals surface area contributed by atoms with E-state index in [1.165, 1.54) is 53.2 Å². The number of benzene rings is 1. The number of nitrogens with one attached hydrogen (secondary N) is 2. The molecular weight excluding hydrogens is 707 g/mol. The number of fused-ring (bicyclic) bond motifs is 2. The second-order valence-corrected chi connectivity index (χ2v) is 15.0. The molecule has 0 aliphatic carbocycles. The van der Waals surface area contributed by atoms with E-state index in [0.29, 0.717) is 42.3 Å². The van der Waals surface area contributed by atoms with Crippen LogP contribution in [0.5, 0.6) is 0 Å². The van der Waals surface area contributed by atoms with E-state index < -0.39 is 35.4 Å². The number of carbonyl (C=O) groups is 4. The summed E-state index contributed by atoms with van der Waals surface area (Å²) in [5, 5.41) is 7.67. The Morgan fingerprint density at radius 2 is 1.85 bits per heavy atom. The third-order valence-corrected chi connectivity index (χ3v) is 9.80. The van der Waals surface area contributed by atoms with E-state index in [4.69, 9.17) is 4.74 Å². The van der Waals surface area contributed by atoms with Gasteiger partial charge >= 0.3 is 6.09 Å². The molecule has 3 aliphatic heterocycles. The molecular formula is C37H36F2N8O5S. The van der Waals surface area contributed by atoms with E-state index in [2.05, 4.69) is 37.4 Å². The zero-order chi connectivity index (χ0) is 37.4. The SMILES string of the molecule is CC(C)(C)OC(=O)N1CCC(NC(=O)c2ccc(C#Cc3cc(F)c4c(c3)C(=O)N(C(C(=O)Nc3nccs3)c3ncn5c3C[C@@H](F)C5)C4)cn2)CC1. The monoisotopic (exact) mass is 742 g/mol. The highest BCUT2D eigenvalue weighted by Gasteiger charge is 2.43. The number of alkyl halides is 1. The van der Waals surface area contributed by atoms with Gasteiger partial charge in [0.05, 0.1) is 25.1 Å². The molecule has 1 aromatic carbocycles. The number of amides is 4. The largest absolute Gasteiger partial charge is 0.444 e. The average molecular weight is 743 g/mol. The molecule has 13 nitrogen and oxygen atoms in total. The van der Waals surface area contributed by atoms with Gasteiger partial charge in [0, 0.05) is 71.3 Å². The number of aromatic nitrogens is 4. The van der Waals surface area contributed by atoms with E-state index in [1.54, 1.807) is 20.9 Å². The van der Waals surface area contributed by atoms with Gasteiger partial charge in [0.1, 0.15) is 23.3 Å². The van der Waals surface area contributed by atoms with Crippen LogP contribution in [0.4, 0.5) is 18.7 Å². The minimum Gasteiger partial charge on any atom is -0.444 e. The van der Waals surface area contributed by atoms with E-state index in [-0.39, 0.29) is 65.6 Å². The highest BCUT2D eigenvalue weighted by Crippen LogP contribution is 2.36. The quantitative estimate of drug-likeness (QED) is 0.272. The van der Waals surface area contributed by atoms with Crippen molar-refractivity contribution in [3.8, 4) is 11.8 Å². The number of ether oxygens (including phenoxy) is 1. The summed E-state index contributed by atoms with van der Waals surface area (Å²) in [6.45, 7) is 6.26. The van der Waals surface area contributed by atoms with Crippen LogP contribution in [0.2, 0.25) is 0 Å². The first-order valence-corrected chi connectivity index (χ1v) is 18.0. The zero-order valence-corrected chi connectivity index (χ0v) is 30.0. The number of carbonyl (C=O) groups excluding carboxylic acids is 4. The molecule has 1 unspecified atom stereocenters. The molecule has 274 valence electrons. The van der Waals surface area contributed by atoms with Crippen LogP contribution < -0.4 is 10.6 Å². The van der Waals surface area contributed by atoms with Crippen molar-refractivity contribution in [2.24, 2.45) is 0 Å². The van der Waals surface area contributed by atoms with Gasteiger partial charge in [-0.1, -0.05) is 11.8 Å². The number of hydrogen-bond acceptors (Lipinski definition) is 9. The van der Waals surface area contributed by atoms with Crippen LogP contribution in [0.25, 0.3) is 0 Å². The predicted octanol–water partition coefficient (Wildman–Crippen LogP) is 4.63. The molecule has 1 saturated heterocycles. The first-order chi connectivity index (χ1) is 25.3. The Kier molecular flexibility index (Phi) is 9.69. The molecule has 6 heterocycles. The number of rotatable bonds is 6. The van der Waals surface area contributed by atoms with Crippen molar-refractivity contribution in [2.45, 2.75) is 77.0 Å². The lowest BCUT2D eigenvalue weighted by molar-refractivity contribution is -0.121. The third kappa shape index (κ3) is 7.75. The second-order valence-electron chi connectivity index (χ2n) is 14.1. The van der Waals surface area contributed by atoms with Crippen LogP contribution in [0.1, 0.15) is 88.6 Å². The van der Waals surface area contributed by atoms with Gasteiger partial charge in [-0.2, -0.15) is 0 Å². The zero-order valence-electron chi connectivity index (χ0n) is 29.2. The van der Waals surface area contributed by atoms with Crippen molar-refractivity contribution in [1.29, 1.82) is 0 Å². The molecule has 0 bridgehead atoms. The molecule has 0 spiro atoms. The Bertz CT molecular complexity index is 2130. The first-order valence-electron chi connectivity index (χ1n) is 17.1. The number of hydrogen-bond donors (Lipinski definition) is 2. The van der Waals surface area contributed by atoms with Crippen LogP contribution in [0.3, 0.4) is 0 Å². The highest BCUT2D eigenvalue weighted by molar-refractivity contribution is 7.13. The Balaban J connectivity index is 1.02. The molecule has 7 rings (SSSR count). The lowest BCUT2D eigenvalue weighted by atomic mass is 10.0. The van der Waals surface area contributed by atoms with E-state index >= 15 is 4.39 Å². The maximum Gasteiger partial charge on any atom is 0.410 e. The van der Waals surface area contributed by atoms with Crippen LogP contribution in [-0.2, 0) is 29.0 Å². The highest BCUT2D eigenvalue weighted by atomic mass is 32.1. The van der Waals surface area contributed by atoms with Gasteiger partial charge < -0.3 is 24.4 Å². The van der Waals surface area contributed by atoms with Crippen molar-refractivity contribution in [3.63, 3.8) is 0 Å². The Morgan fingerprint density at radius 1 is 1.08 bits per heavy atom. The fraction of sp³-hybridized carbons (Fsp3) is 0.378. The number of likely N-dealkylation sites (tertiary alicyclic amines) is 1. The molecule has 3 aliphatic rings. The molecule has 4 aromatic rings. The van der Waals surface area contributed by atoms with Crippen molar-refractivity contribution in [1.82, 2.24) is 34.6 Å². The molecule has 2 N–H and O–H groups in total. The number of halogens is 2. The van der Waals surface area contributed by atoms with Gasteiger partial charge in [0.25, 0.3) is 17.7 Å². The third-order valence-electron chi connectivity index (χ3n) is 9.11. The van der Waals surface area contributed by atoms with Crippen molar-refractivity contribution < 1.29 is 32.7 Å². The molecule has 3 aromatic heterocycles. The van der Waals surface area contributed by atoms with Crippen molar-refractivity contribution >= 4 is 40.3 Å². The summed E-state index contributed by atoms with van der Waals surface area (Å²) in [5.74, 6) is 3.56. The molecule has 1 fully saturated rings. The van der Waals surface area contributed by atoms with Gasteiger partial charge in [-0.05, 0) is 57.9 Å². The maximum absolute atomic E-state index is 15.6. The summed E-state index contributed by atoms with van der Waals surface area (Å²) in [7, 11) is 0. The van der Waals surface area contributed by atoms with Crippen LogP contribution in [0, 0.1) is 17.7 Å². The number of thiazole rings is 1. The number of imidazole rings is 1. The minimum atomic E-state index is -1.26. The lowest BCUT2D eigenvalue weighted by Gasteiger charge is -2.33. The summed E-state index contributed by atoms with van der Waals surface area (Å²) in [4.78, 5) is 68.4. The number of piperidine rings is 1. The van der Waals surface area contributed by atoms with Crippen LogP contribution >= 0.6 is 11.3 Å². The van der Waals surface area contributed by atoms with Gasteiger partial charge in [0.2, 0.25) is 0 Å². The van der Waals surface area contributed by atoms with Crippen LogP contribution in [-0.4, -0.2) is 84.0 Å². The first kappa shape index (κ1) is 35.7. The van der Waals surface area contributed by atoms with E-state index in [1.807, 2.05) is 20.8 Å². The summed E-state index contributed by atoms with van der Waals surface area (Å²) in [6, 6.07) is 4.46. The number of anilines is 1. The smallest absolute Gasteiger partial charge is 0.410 e. The molecule has 2 atom stereocenters. The lowest BCUT2D eigenvalue weighted by Crippen LogP contribution is -2.47. The van der Waals surface area contributed by atoms with E-state index in [0.717, 1.165) is 0 Å². The maximum atomic E-state index is 15.6. The molecule has 0 saturated carbocycles. The predicted molar refractivity (Wildman–Crippen MR) is 189 cm³/mol. The second kappa shape index (κ2) is 14.4. The van der Waals surface area contributed by atoms with Gasteiger partial charge in [-0.15, -0.1) is 11.3 Å². The van der Waals surface area contributed by atoms with Crippen LogP contribution in [0.15, 0.2) is 48.4 Å². The fourth-order valence-electron chi connectivity index (χ4n) is 6.60. The topological polar surface area (TPSA) is 152 Å². The summed E-state index contributed by atoms with van der Waals surface area (Å²) >= 11 is 1.20. The average Bonchev–Trinajstić information content (AvgIpc) is 3.91. The summed E-state index contributed by atoms with van der Waals surface area (Å²) < 4.78 is 36.9. The van der Waals surface area contributed by atoms with Gasteiger partial charge in [-0.25, -0.2) is 28.5 Å². The van der Waals surface area contributed by atoms with E-state index in [9.17, 15) is 23.6 Å². The molecule has 53 heavy (non-hydrogen) atoms. The van der Waals surface area contributed by atoms with Gasteiger partial charge in [-0.3, -0.25) is 19.7 Å². The Labute approximate surface area is 307 Å². The fourth-order valence-corrected chi connectivity index (χ4v) is 7.13. The standard InChI is InChI=1S/C37H36F2N8O5S/c1-37(2,3)52-36(51)45-11-8-24(9-12-45)43-32(48)28-7-6-21(17-41-28)4-5-22-14-25-26(27(39)15-22)19-47(34(25)50)31(33(49)44-35-40-10-13-53-35)30-29-16-23(38)18-46(29)20-42-30/h6-7,10,13-15,17,20,23-24,31H,8-9,11-12,16,18-19H2,1-3H3,(H,43,48)(H,40,44,49)/t23-,31?/m1/s1. The summed E-state index contributed by atoms with van der Waals surface area (Å²) in [5.41, 5.74) is 1.20. The minimum absolute atomic E-state index is 0.0384. The molecule has 16 heteroatoms.